The number of allylic oxidation sites excluding steroid dienone is 5. The van der Waals surface area contributed by atoms with Gasteiger partial charge in [-0.3, -0.25) is 4.79 Å². The molecule has 112 valence electrons. The molecule has 1 aromatic heterocycles. The van der Waals surface area contributed by atoms with Gasteiger partial charge in [0.05, 0.1) is 0 Å². The number of nitrogens with one attached hydrogen (secondary N) is 1. The van der Waals surface area contributed by atoms with Crippen molar-refractivity contribution in [3.8, 4) is 0 Å². The van der Waals surface area contributed by atoms with Crippen LogP contribution in [0.25, 0.3) is 5.57 Å². The third-order valence-corrected chi connectivity index (χ3v) is 3.93. The summed E-state index contributed by atoms with van der Waals surface area (Å²) < 4.78 is 0. The third kappa shape index (κ3) is 3.22. The molecule has 1 amide bonds. The molecule has 0 bridgehead atoms. The van der Waals surface area contributed by atoms with Crippen molar-refractivity contribution in [1.29, 1.82) is 0 Å². The molecule has 4 nitrogen and oxygen atoms in total. The molecule has 2 aliphatic rings. The molecule has 0 aromatic carbocycles. The van der Waals surface area contributed by atoms with Gasteiger partial charge in [-0.2, -0.15) is 0 Å². The first-order chi connectivity index (χ1) is 10.8. The van der Waals surface area contributed by atoms with E-state index in [1.165, 1.54) is 5.57 Å². The fourth-order valence-corrected chi connectivity index (χ4v) is 2.60. The molecule has 22 heavy (non-hydrogen) atoms. The Morgan fingerprint density at radius 2 is 2.09 bits per heavy atom. The SMILES string of the molecule is CCC1=CC=C(C(=O)NCC2=CCC(c3ncccn3)=C2)C1. The number of carbonyl (C=O) groups excluding carboxylic acids is 1. The van der Waals surface area contributed by atoms with E-state index in [2.05, 4.69) is 40.4 Å². The Morgan fingerprint density at radius 3 is 2.82 bits per heavy atom. The molecule has 0 atom stereocenters. The van der Waals surface area contributed by atoms with Gasteiger partial charge in [0, 0.05) is 30.1 Å². The zero-order valence-corrected chi connectivity index (χ0v) is 12.7. The first-order valence-electron chi connectivity index (χ1n) is 7.60. The predicted octanol–water partition coefficient (Wildman–Crippen LogP) is 2.97. The van der Waals surface area contributed by atoms with Crippen LogP contribution in [0.2, 0.25) is 0 Å². The average Bonchev–Trinajstić information content (AvgIpc) is 3.22. The third-order valence-electron chi connectivity index (χ3n) is 3.93. The standard InChI is InChI=1S/C18H19N3O/c1-2-13-4-7-16(10-13)18(22)21-12-14-5-6-15(11-14)17-19-8-3-9-20-17/h3-5,7-9,11H,2,6,10,12H2,1H3,(H,21,22). The van der Waals surface area contributed by atoms with Crippen LogP contribution in [0.15, 0.2) is 59.5 Å². The van der Waals surface area contributed by atoms with E-state index < -0.39 is 0 Å². The van der Waals surface area contributed by atoms with Crippen molar-refractivity contribution < 1.29 is 4.79 Å². The van der Waals surface area contributed by atoms with E-state index in [9.17, 15) is 4.79 Å². The fourth-order valence-electron chi connectivity index (χ4n) is 2.60. The zero-order valence-electron chi connectivity index (χ0n) is 12.7. The van der Waals surface area contributed by atoms with E-state index in [-0.39, 0.29) is 5.91 Å². The van der Waals surface area contributed by atoms with Crippen molar-refractivity contribution in [2.45, 2.75) is 26.2 Å². The Kier molecular flexibility index (Phi) is 4.28. The van der Waals surface area contributed by atoms with Crippen LogP contribution in [-0.2, 0) is 4.79 Å². The molecule has 0 saturated carbocycles. The lowest BCUT2D eigenvalue weighted by Gasteiger charge is -2.06. The summed E-state index contributed by atoms with van der Waals surface area (Å²) in [6, 6.07) is 1.81. The summed E-state index contributed by atoms with van der Waals surface area (Å²) in [6.07, 6.45) is 14.2. The van der Waals surface area contributed by atoms with Crippen LogP contribution in [0.5, 0.6) is 0 Å². The Balaban J connectivity index is 1.53. The van der Waals surface area contributed by atoms with Crippen LogP contribution in [0.3, 0.4) is 0 Å². The fraction of sp³-hybridized carbons (Fsp3) is 0.278. The van der Waals surface area contributed by atoms with Gasteiger partial charge in [-0.05, 0) is 30.9 Å². The minimum absolute atomic E-state index is 0.0263. The lowest BCUT2D eigenvalue weighted by atomic mass is 10.1. The number of hydrogen-bond acceptors (Lipinski definition) is 3. The van der Waals surface area contributed by atoms with Crippen LogP contribution in [0.1, 0.15) is 32.0 Å². The molecule has 0 fully saturated rings. The van der Waals surface area contributed by atoms with Gasteiger partial charge < -0.3 is 5.32 Å². The minimum Gasteiger partial charge on any atom is -0.348 e. The van der Waals surface area contributed by atoms with Gasteiger partial charge in [0.1, 0.15) is 0 Å². The number of rotatable bonds is 5. The molecule has 3 rings (SSSR count). The van der Waals surface area contributed by atoms with Gasteiger partial charge in [-0.1, -0.05) is 36.8 Å². The molecule has 1 aromatic rings. The second kappa shape index (κ2) is 6.52. The van der Waals surface area contributed by atoms with Gasteiger partial charge in [0.2, 0.25) is 5.91 Å². The molecule has 0 aliphatic heterocycles. The van der Waals surface area contributed by atoms with Gasteiger partial charge in [0.15, 0.2) is 5.82 Å². The highest BCUT2D eigenvalue weighted by molar-refractivity contribution is 5.95. The number of aromatic nitrogens is 2. The van der Waals surface area contributed by atoms with Crippen molar-refractivity contribution >= 4 is 11.5 Å². The van der Waals surface area contributed by atoms with E-state index in [0.717, 1.165) is 41.8 Å². The topological polar surface area (TPSA) is 54.9 Å². The molecule has 4 heteroatoms. The summed E-state index contributed by atoms with van der Waals surface area (Å²) in [6.45, 7) is 2.66. The van der Waals surface area contributed by atoms with Crippen molar-refractivity contribution in [2.24, 2.45) is 0 Å². The highest BCUT2D eigenvalue weighted by Crippen LogP contribution is 2.24. The minimum atomic E-state index is 0.0263. The van der Waals surface area contributed by atoms with E-state index in [0.29, 0.717) is 6.54 Å². The monoisotopic (exact) mass is 293 g/mol. The predicted molar refractivity (Wildman–Crippen MR) is 86.8 cm³/mol. The number of hydrogen-bond donors (Lipinski definition) is 1. The smallest absolute Gasteiger partial charge is 0.247 e. The van der Waals surface area contributed by atoms with Crippen molar-refractivity contribution in [3.63, 3.8) is 0 Å². The summed E-state index contributed by atoms with van der Waals surface area (Å²) in [5.74, 6) is 0.786. The van der Waals surface area contributed by atoms with Crippen LogP contribution >= 0.6 is 0 Å². The van der Waals surface area contributed by atoms with E-state index in [1.54, 1.807) is 12.4 Å². The molecule has 2 aliphatic carbocycles. The summed E-state index contributed by atoms with van der Waals surface area (Å²) in [7, 11) is 0. The molecule has 1 N–H and O–H groups in total. The number of nitrogens with zero attached hydrogens (tertiary/aromatic N) is 2. The second-order valence-corrected chi connectivity index (χ2v) is 5.45. The Hall–Kier alpha value is -2.49. The van der Waals surface area contributed by atoms with E-state index in [4.69, 9.17) is 0 Å². The largest absolute Gasteiger partial charge is 0.348 e. The zero-order chi connectivity index (χ0) is 15.4. The van der Waals surface area contributed by atoms with Gasteiger partial charge in [-0.25, -0.2) is 9.97 Å². The lowest BCUT2D eigenvalue weighted by Crippen LogP contribution is -2.26. The molecule has 0 unspecified atom stereocenters. The van der Waals surface area contributed by atoms with Crippen LogP contribution < -0.4 is 5.32 Å². The lowest BCUT2D eigenvalue weighted by molar-refractivity contribution is -0.117. The summed E-state index contributed by atoms with van der Waals surface area (Å²) in [4.78, 5) is 20.6. The van der Waals surface area contributed by atoms with E-state index in [1.807, 2.05) is 12.1 Å². The van der Waals surface area contributed by atoms with Crippen LogP contribution in [0, 0.1) is 0 Å². The first kappa shape index (κ1) is 14.4. The van der Waals surface area contributed by atoms with E-state index >= 15 is 0 Å². The summed E-state index contributed by atoms with van der Waals surface area (Å²) in [5.41, 5.74) is 4.37. The van der Waals surface area contributed by atoms with Crippen molar-refractivity contribution in [3.05, 3.63) is 65.3 Å². The Morgan fingerprint density at radius 1 is 1.27 bits per heavy atom. The summed E-state index contributed by atoms with van der Waals surface area (Å²) in [5, 5.41) is 2.99. The number of carbonyl (C=O) groups is 1. The Bertz CT molecular complexity index is 696. The van der Waals surface area contributed by atoms with Crippen LogP contribution in [-0.4, -0.2) is 22.4 Å². The molecular weight excluding hydrogens is 274 g/mol. The maximum Gasteiger partial charge on any atom is 0.247 e. The second-order valence-electron chi connectivity index (χ2n) is 5.45. The maximum atomic E-state index is 12.1. The van der Waals surface area contributed by atoms with Gasteiger partial charge in [-0.15, -0.1) is 0 Å². The highest BCUT2D eigenvalue weighted by Gasteiger charge is 2.16. The molecule has 1 heterocycles. The first-order valence-corrected chi connectivity index (χ1v) is 7.60. The Labute approximate surface area is 130 Å². The van der Waals surface area contributed by atoms with Crippen molar-refractivity contribution in [2.75, 3.05) is 6.54 Å². The quantitative estimate of drug-likeness (QED) is 0.908. The highest BCUT2D eigenvalue weighted by atomic mass is 16.1. The molecule has 0 spiro atoms. The van der Waals surface area contributed by atoms with Crippen molar-refractivity contribution in [1.82, 2.24) is 15.3 Å². The average molecular weight is 293 g/mol. The number of amides is 1. The molecule has 0 radical (unpaired) electrons. The molecular formula is C18H19N3O. The molecule has 0 saturated heterocycles. The van der Waals surface area contributed by atoms with Crippen LogP contribution in [0.4, 0.5) is 0 Å². The normalized spacial score (nSPS) is 16.8. The van der Waals surface area contributed by atoms with Gasteiger partial charge in [0.25, 0.3) is 0 Å². The van der Waals surface area contributed by atoms with Gasteiger partial charge >= 0.3 is 0 Å². The summed E-state index contributed by atoms with van der Waals surface area (Å²) >= 11 is 0. The maximum absolute atomic E-state index is 12.1.